The van der Waals surface area contributed by atoms with Crippen LogP contribution in [0.5, 0.6) is 5.88 Å². The number of nitrogens with zero attached hydrogens (tertiary/aromatic N) is 2. The molecular formula is C13H15N3O2S. The lowest BCUT2D eigenvalue weighted by atomic mass is 10.00. The van der Waals surface area contributed by atoms with Gasteiger partial charge in [-0.15, -0.1) is 11.3 Å². The highest BCUT2D eigenvalue weighted by Crippen LogP contribution is 2.36. The van der Waals surface area contributed by atoms with E-state index in [2.05, 4.69) is 15.0 Å². The van der Waals surface area contributed by atoms with Crippen LogP contribution in [0, 0.1) is 6.92 Å². The predicted octanol–water partition coefficient (Wildman–Crippen LogP) is 2.57. The molecule has 0 unspecified atom stereocenters. The molecule has 0 bridgehead atoms. The van der Waals surface area contributed by atoms with Gasteiger partial charge in [0.25, 0.3) is 5.56 Å². The van der Waals surface area contributed by atoms with E-state index in [1.165, 1.54) is 11.3 Å². The number of aromatic amines is 1. The Kier molecular flexibility index (Phi) is 3.10. The minimum Gasteiger partial charge on any atom is -0.493 e. The lowest BCUT2D eigenvalue weighted by Crippen LogP contribution is -2.17. The summed E-state index contributed by atoms with van der Waals surface area (Å²) in [7, 11) is 0. The van der Waals surface area contributed by atoms with Crippen molar-refractivity contribution in [1.82, 2.24) is 15.0 Å². The molecule has 0 radical (unpaired) electrons. The zero-order valence-electron chi connectivity index (χ0n) is 10.6. The summed E-state index contributed by atoms with van der Waals surface area (Å²) in [5.41, 5.74) is 1.08. The Balaban J connectivity index is 2.04. The van der Waals surface area contributed by atoms with E-state index in [0.29, 0.717) is 16.4 Å². The minimum absolute atomic E-state index is 0.140. The molecule has 0 aromatic carbocycles. The zero-order valence-corrected chi connectivity index (χ0v) is 11.5. The van der Waals surface area contributed by atoms with Crippen molar-refractivity contribution in [1.29, 1.82) is 0 Å². The van der Waals surface area contributed by atoms with Gasteiger partial charge >= 0.3 is 0 Å². The highest BCUT2D eigenvalue weighted by molar-refractivity contribution is 7.13. The molecule has 19 heavy (non-hydrogen) atoms. The monoisotopic (exact) mass is 277 g/mol. The summed E-state index contributed by atoms with van der Waals surface area (Å²) in [6.45, 7) is 1.88. The second kappa shape index (κ2) is 4.77. The van der Waals surface area contributed by atoms with Crippen LogP contribution in [-0.4, -0.2) is 20.1 Å². The maximum Gasteiger partial charge on any atom is 0.258 e. The van der Waals surface area contributed by atoms with Crippen LogP contribution in [0.4, 0.5) is 0 Å². The van der Waals surface area contributed by atoms with E-state index in [1.807, 2.05) is 12.3 Å². The van der Waals surface area contributed by atoms with Crippen molar-refractivity contribution >= 4 is 11.3 Å². The molecule has 1 fully saturated rings. The summed E-state index contributed by atoms with van der Waals surface area (Å²) < 4.78 is 0. The second-order valence-corrected chi connectivity index (χ2v) is 5.79. The number of aryl methyl sites for hydroxylation is 1. The Morgan fingerprint density at radius 2 is 2.11 bits per heavy atom. The normalized spacial score (nSPS) is 16.1. The highest BCUT2D eigenvalue weighted by atomic mass is 32.1. The van der Waals surface area contributed by atoms with Crippen molar-refractivity contribution in [2.45, 2.75) is 38.5 Å². The molecule has 0 aliphatic heterocycles. The first-order valence-electron chi connectivity index (χ1n) is 6.41. The van der Waals surface area contributed by atoms with Crippen LogP contribution in [0.15, 0.2) is 10.2 Å². The van der Waals surface area contributed by atoms with Crippen molar-refractivity contribution in [3.63, 3.8) is 0 Å². The third kappa shape index (κ3) is 2.28. The van der Waals surface area contributed by atoms with Gasteiger partial charge in [0.1, 0.15) is 0 Å². The quantitative estimate of drug-likeness (QED) is 0.884. The van der Waals surface area contributed by atoms with Gasteiger partial charge < -0.3 is 10.1 Å². The average Bonchev–Trinajstić information content (AvgIpc) is 2.99. The summed E-state index contributed by atoms with van der Waals surface area (Å²) in [5.74, 6) is 0.351. The van der Waals surface area contributed by atoms with Crippen LogP contribution < -0.4 is 5.56 Å². The van der Waals surface area contributed by atoms with E-state index in [9.17, 15) is 9.90 Å². The lowest BCUT2D eigenvalue weighted by Gasteiger charge is -2.10. The van der Waals surface area contributed by atoms with Gasteiger partial charge in [-0.1, -0.05) is 12.8 Å². The Labute approximate surface area is 114 Å². The molecule has 0 spiro atoms. The Morgan fingerprint density at radius 3 is 2.68 bits per heavy atom. The molecule has 2 aromatic rings. The third-order valence-electron chi connectivity index (χ3n) is 3.52. The summed E-state index contributed by atoms with van der Waals surface area (Å²) in [4.78, 5) is 23.3. The van der Waals surface area contributed by atoms with Gasteiger partial charge in [0.05, 0.1) is 5.56 Å². The maximum atomic E-state index is 12.1. The van der Waals surface area contributed by atoms with Crippen LogP contribution in [0.25, 0.3) is 10.8 Å². The molecule has 1 saturated carbocycles. The topological polar surface area (TPSA) is 78.9 Å². The zero-order chi connectivity index (χ0) is 13.4. The number of H-pyrrole nitrogens is 1. The molecule has 6 heteroatoms. The summed E-state index contributed by atoms with van der Waals surface area (Å²) in [6, 6.07) is 0. The fourth-order valence-corrected chi connectivity index (χ4v) is 3.36. The third-order valence-corrected chi connectivity index (χ3v) is 4.49. The van der Waals surface area contributed by atoms with Crippen LogP contribution in [0.3, 0.4) is 0 Å². The van der Waals surface area contributed by atoms with Gasteiger partial charge in [-0.25, -0.2) is 4.98 Å². The fraction of sp³-hybridized carbons (Fsp3) is 0.462. The molecule has 2 N–H and O–H groups in total. The Morgan fingerprint density at radius 1 is 1.37 bits per heavy atom. The molecule has 2 heterocycles. The molecule has 1 aliphatic rings. The number of aromatic nitrogens is 3. The minimum atomic E-state index is -0.234. The van der Waals surface area contributed by atoms with Crippen LogP contribution in [-0.2, 0) is 0 Å². The summed E-state index contributed by atoms with van der Waals surface area (Å²) in [5, 5.41) is 12.6. The number of aromatic hydroxyl groups is 1. The van der Waals surface area contributed by atoms with Gasteiger partial charge in [0, 0.05) is 11.1 Å². The van der Waals surface area contributed by atoms with Crippen LogP contribution in [0.1, 0.15) is 42.9 Å². The number of nitrogens with one attached hydrogen (secondary N) is 1. The fourth-order valence-electron chi connectivity index (χ4n) is 2.62. The first-order chi connectivity index (χ1) is 9.15. The lowest BCUT2D eigenvalue weighted by molar-refractivity contribution is 0.436. The molecular weight excluding hydrogens is 262 g/mol. The maximum absolute atomic E-state index is 12.1. The predicted molar refractivity (Wildman–Crippen MR) is 73.6 cm³/mol. The molecule has 0 amide bonds. The summed E-state index contributed by atoms with van der Waals surface area (Å²) >= 11 is 1.40. The molecule has 5 nitrogen and oxygen atoms in total. The second-order valence-electron chi connectivity index (χ2n) is 4.93. The van der Waals surface area contributed by atoms with Gasteiger partial charge in [-0.05, 0) is 25.7 Å². The molecule has 3 rings (SSSR count). The largest absolute Gasteiger partial charge is 0.493 e. The van der Waals surface area contributed by atoms with E-state index in [0.717, 1.165) is 31.4 Å². The molecule has 1 aliphatic carbocycles. The van der Waals surface area contributed by atoms with E-state index < -0.39 is 0 Å². The van der Waals surface area contributed by atoms with E-state index >= 15 is 0 Å². The van der Waals surface area contributed by atoms with Crippen molar-refractivity contribution in [3.05, 3.63) is 27.0 Å². The standard InChI is InChI=1S/C13H15N3O2S/c1-7-6-19-13(14-7)10-15-11(17)9(12(18)16-10)8-4-2-3-5-8/h6,8H,2-5H2,1H3,(H2,15,16,17,18). The van der Waals surface area contributed by atoms with E-state index in [-0.39, 0.29) is 17.4 Å². The SMILES string of the molecule is Cc1csc(-c2nc(O)c(C3CCCC3)c(=O)[nH]2)n1. The van der Waals surface area contributed by atoms with E-state index in [4.69, 9.17) is 0 Å². The Bertz CT molecular complexity index is 656. The molecule has 100 valence electrons. The number of rotatable bonds is 2. The van der Waals surface area contributed by atoms with Gasteiger partial charge in [0.15, 0.2) is 10.8 Å². The van der Waals surface area contributed by atoms with Gasteiger partial charge in [0.2, 0.25) is 5.88 Å². The first kappa shape index (κ1) is 12.3. The molecule has 0 saturated heterocycles. The smallest absolute Gasteiger partial charge is 0.258 e. The number of hydrogen-bond acceptors (Lipinski definition) is 5. The van der Waals surface area contributed by atoms with Crippen LogP contribution >= 0.6 is 11.3 Å². The highest BCUT2D eigenvalue weighted by Gasteiger charge is 2.25. The van der Waals surface area contributed by atoms with Crippen LogP contribution in [0.2, 0.25) is 0 Å². The molecule has 2 aromatic heterocycles. The average molecular weight is 277 g/mol. The van der Waals surface area contributed by atoms with Crippen molar-refractivity contribution in [3.8, 4) is 16.7 Å². The summed E-state index contributed by atoms with van der Waals surface area (Å²) in [6.07, 6.45) is 4.12. The van der Waals surface area contributed by atoms with Crippen molar-refractivity contribution < 1.29 is 5.11 Å². The first-order valence-corrected chi connectivity index (χ1v) is 7.29. The number of hydrogen-bond donors (Lipinski definition) is 2. The number of thiazole rings is 1. The van der Waals surface area contributed by atoms with Gasteiger partial charge in [-0.2, -0.15) is 4.98 Å². The Hall–Kier alpha value is -1.69. The molecule has 0 atom stereocenters. The van der Waals surface area contributed by atoms with Crippen molar-refractivity contribution in [2.24, 2.45) is 0 Å². The van der Waals surface area contributed by atoms with Gasteiger partial charge in [-0.3, -0.25) is 4.79 Å². The van der Waals surface area contributed by atoms with Crippen molar-refractivity contribution in [2.75, 3.05) is 0 Å². The van der Waals surface area contributed by atoms with E-state index in [1.54, 1.807) is 0 Å².